The maximum atomic E-state index is 11.3. The second-order valence-electron chi connectivity index (χ2n) is 4.83. The number of benzene rings is 1. The lowest BCUT2D eigenvalue weighted by molar-refractivity contribution is -0.139. The first-order valence-electron chi connectivity index (χ1n) is 6.24. The molecule has 0 aliphatic rings. The van der Waals surface area contributed by atoms with Crippen LogP contribution < -0.4 is 11.1 Å². The molecule has 19 heavy (non-hydrogen) atoms. The zero-order valence-corrected chi connectivity index (χ0v) is 11.2. The number of amides is 1. The van der Waals surface area contributed by atoms with Crippen molar-refractivity contribution in [3.63, 3.8) is 0 Å². The number of carbonyl (C=O) groups is 2. The second-order valence-corrected chi connectivity index (χ2v) is 4.83. The quantitative estimate of drug-likeness (QED) is 0.683. The van der Waals surface area contributed by atoms with Crippen molar-refractivity contribution in [1.82, 2.24) is 5.32 Å². The molecule has 2 atom stereocenters. The summed E-state index contributed by atoms with van der Waals surface area (Å²) >= 11 is 0. The molecule has 5 nitrogen and oxygen atoms in total. The van der Waals surface area contributed by atoms with Crippen molar-refractivity contribution < 1.29 is 14.7 Å². The normalized spacial score (nSPS) is 14.1. The van der Waals surface area contributed by atoms with E-state index in [2.05, 4.69) is 5.32 Å². The predicted octanol–water partition coefficient (Wildman–Crippen LogP) is 0.954. The Morgan fingerprint density at radius 2 is 1.84 bits per heavy atom. The van der Waals surface area contributed by atoms with Gasteiger partial charge >= 0.3 is 5.97 Å². The van der Waals surface area contributed by atoms with Gasteiger partial charge in [-0.25, -0.2) is 0 Å². The van der Waals surface area contributed by atoms with Crippen molar-refractivity contribution in [2.45, 2.75) is 25.8 Å². The van der Waals surface area contributed by atoms with E-state index in [0.29, 0.717) is 5.56 Å². The number of aliphatic carboxylic acids is 1. The summed E-state index contributed by atoms with van der Waals surface area (Å²) < 4.78 is 0. The second kappa shape index (κ2) is 6.89. The van der Waals surface area contributed by atoms with Crippen LogP contribution in [-0.4, -0.2) is 29.6 Å². The molecule has 0 aliphatic heterocycles. The number of hydrogen-bond donors (Lipinski definition) is 3. The van der Waals surface area contributed by atoms with Crippen molar-refractivity contribution in [2.75, 3.05) is 6.54 Å². The summed E-state index contributed by atoms with van der Waals surface area (Å²) in [5.74, 6) is -2.07. The highest BCUT2D eigenvalue weighted by molar-refractivity contribution is 5.80. The Labute approximate surface area is 112 Å². The Morgan fingerprint density at radius 1 is 1.26 bits per heavy atom. The maximum Gasteiger partial charge on any atom is 0.312 e. The number of nitrogens with one attached hydrogen (secondary N) is 1. The number of hydrogen-bond acceptors (Lipinski definition) is 3. The van der Waals surface area contributed by atoms with Crippen molar-refractivity contribution in [2.24, 2.45) is 11.7 Å². The average molecular weight is 264 g/mol. The van der Waals surface area contributed by atoms with Crippen LogP contribution in [-0.2, 0) is 9.59 Å². The minimum absolute atomic E-state index is 0.0164. The number of carbonyl (C=O) groups excluding carboxylic acids is 1. The summed E-state index contributed by atoms with van der Waals surface area (Å²) in [7, 11) is 0. The predicted molar refractivity (Wildman–Crippen MR) is 72.6 cm³/mol. The molecule has 0 saturated heterocycles. The van der Waals surface area contributed by atoms with Crippen LogP contribution in [0.25, 0.3) is 0 Å². The molecule has 0 spiro atoms. The molecular formula is C14H20N2O3. The zero-order chi connectivity index (χ0) is 14.4. The standard InChI is InChI=1S/C14H20N2O3/c1-9(2)12(13(15)17)16-8-11(14(18)19)10-6-4-3-5-7-10/h3-7,9,11-12,16H,8H2,1-2H3,(H2,15,17)(H,18,19). The zero-order valence-electron chi connectivity index (χ0n) is 11.2. The molecule has 0 heterocycles. The van der Waals surface area contributed by atoms with E-state index in [0.717, 1.165) is 0 Å². The SMILES string of the molecule is CC(C)C(NCC(C(=O)O)c1ccccc1)C(N)=O. The van der Waals surface area contributed by atoms with Crippen LogP contribution in [0.2, 0.25) is 0 Å². The lowest BCUT2D eigenvalue weighted by atomic mass is 9.97. The molecule has 0 fully saturated rings. The van der Waals surface area contributed by atoms with Crippen molar-refractivity contribution in [3.8, 4) is 0 Å². The van der Waals surface area contributed by atoms with Gasteiger partial charge in [0.05, 0.1) is 12.0 Å². The molecule has 1 aromatic rings. The lowest BCUT2D eigenvalue weighted by Crippen LogP contribution is -2.47. The van der Waals surface area contributed by atoms with Gasteiger partial charge in [-0.1, -0.05) is 44.2 Å². The van der Waals surface area contributed by atoms with Gasteiger partial charge in [0.15, 0.2) is 0 Å². The van der Waals surface area contributed by atoms with E-state index < -0.39 is 23.8 Å². The van der Waals surface area contributed by atoms with Crippen LogP contribution in [0.3, 0.4) is 0 Å². The van der Waals surface area contributed by atoms with Crippen LogP contribution in [0, 0.1) is 5.92 Å². The fourth-order valence-corrected chi connectivity index (χ4v) is 1.94. The number of carboxylic acids is 1. The molecule has 0 aromatic heterocycles. The third-order valence-electron chi connectivity index (χ3n) is 3.02. The molecule has 2 unspecified atom stereocenters. The number of nitrogens with two attached hydrogens (primary N) is 1. The highest BCUT2D eigenvalue weighted by Gasteiger charge is 2.24. The van der Waals surface area contributed by atoms with Gasteiger partial charge < -0.3 is 16.2 Å². The van der Waals surface area contributed by atoms with E-state index in [1.165, 1.54) is 0 Å². The van der Waals surface area contributed by atoms with Crippen molar-refractivity contribution in [1.29, 1.82) is 0 Å². The third-order valence-corrected chi connectivity index (χ3v) is 3.02. The molecule has 5 heteroatoms. The van der Waals surface area contributed by atoms with E-state index in [9.17, 15) is 14.7 Å². The summed E-state index contributed by atoms with van der Waals surface area (Å²) in [6, 6.07) is 8.41. The van der Waals surface area contributed by atoms with Crippen LogP contribution in [0.15, 0.2) is 30.3 Å². The summed E-state index contributed by atoms with van der Waals surface area (Å²) in [6.07, 6.45) is 0. The van der Waals surface area contributed by atoms with Gasteiger partial charge in [-0.05, 0) is 11.5 Å². The number of primary amides is 1. The van der Waals surface area contributed by atoms with Gasteiger partial charge in [0.25, 0.3) is 0 Å². The first-order valence-corrected chi connectivity index (χ1v) is 6.24. The van der Waals surface area contributed by atoms with Gasteiger partial charge in [0.2, 0.25) is 5.91 Å². The van der Waals surface area contributed by atoms with Crippen LogP contribution >= 0.6 is 0 Å². The Kier molecular flexibility index (Phi) is 5.51. The molecule has 1 aromatic carbocycles. The fourth-order valence-electron chi connectivity index (χ4n) is 1.94. The Balaban J connectivity index is 2.76. The number of carboxylic acid groups (broad SMARTS) is 1. The first kappa shape index (κ1) is 15.2. The highest BCUT2D eigenvalue weighted by Crippen LogP contribution is 2.15. The first-order chi connectivity index (χ1) is 8.93. The van der Waals surface area contributed by atoms with Crippen molar-refractivity contribution in [3.05, 3.63) is 35.9 Å². The number of rotatable bonds is 7. The molecule has 0 bridgehead atoms. The molecule has 1 amide bonds. The molecule has 1 rings (SSSR count). The third kappa shape index (κ3) is 4.37. The molecular weight excluding hydrogens is 244 g/mol. The van der Waals surface area contributed by atoms with Crippen LogP contribution in [0.4, 0.5) is 0 Å². The molecule has 0 aliphatic carbocycles. The van der Waals surface area contributed by atoms with Crippen LogP contribution in [0.5, 0.6) is 0 Å². The monoisotopic (exact) mass is 264 g/mol. The van der Waals surface area contributed by atoms with E-state index in [-0.39, 0.29) is 12.5 Å². The minimum Gasteiger partial charge on any atom is -0.481 e. The molecule has 4 N–H and O–H groups in total. The average Bonchev–Trinajstić information content (AvgIpc) is 2.34. The van der Waals surface area contributed by atoms with Crippen LogP contribution in [0.1, 0.15) is 25.3 Å². The molecule has 0 radical (unpaired) electrons. The van der Waals surface area contributed by atoms with E-state index in [1.54, 1.807) is 24.3 Å². The molecule has 104 valence electrons. The Hall–Kier alpha value is -1.88. The van der Waals surface area contributed by atoms with Gasteiger partial charge in [0, 0.05) is 6.54 Å². The largest absolute Gasteiger partial charge is 0.481 e. The maximum absolute atomic E-state index is 11.3. The smallest absolute Gasteiger partial charge is 0.312 e. The molecule has 0 saturated carbocycles. The topological polar surface area (TPSA) is 92.4 Å². The summed E-state index contributed by atoms with van der Waals surface area (Å²) in [4.78, 5) is 22.6. The summed E-state index contributed by atoms with van der Waals surface area (Å²) in [5.41, 5.74) is 5.99. The van der Waals surface area contributed by atoms with Gasteiger partial charge in [-0.3, -0.25) is 9.59 Å². The summed E-state index contributed by atoms with van der Waals surface area (Å²) in [5, 5.41) is 12.2. The summed E-state index contributed by atoms with van der Waals surface area (Å²) in [6.45, 7) is 3.90. The van der Waals surface area contributed by atoms with E-state index >= 15 is 0 Å². The van der Waals surface area contributed by atoms with E-state index in [4.69, 9.17) is 5.73 Å². The van der Waals surface area contributed by atoms with Gasteiger partial charge in [-0.2, -0.15) is 0 Å². The van der Waals surface area contributed by atoms with Crippen molar-refractivity contribution >= 4 is 11.9 Å². The highest BCUT2D eigenvalue weighted by atomic mass is 16.4. The van der Waals surface area contributed by atoms with Gasteiger partial charge in [-0.15, -0.1) is 0 Å². The van der Waals surface area contributed by atoms with Gasteiger partial charge in [0.1, 0.15) is 0 Å². The Morgan fingerprint density at radius 3 is 2.26 bits per heavy atom. The lowest BCUT2D eigenvalue weighted by Gasteiger charge is -2.21. The van der Waals surface area contributed by atoms with E-state index in [1.807, 2.05) is 19.9 Å². The minimum atomic E-state index is -0.925. The fraction of sp³-hybridized carbons (Fsp3) is 0.429. The Bertz CT molecular complexity index is 432.